The molecule has 4 nitrogen and oxygen atoms in total. The van der Waals surface area contributed by atoms with Gasteiger partial charge in [-0.25, -0.2) is 0 Å². The first-order chi connectivity index (χ1) is 9.67. The highest BCUT2D eigenvalue weighted by Crippen LogP contribution is 2.20. The number of hydrogen-bond donors (Lipinski definition) is 2. The van der Waals surface area contributed by atoms with Crippen molar-refractivity contribution in [2.75, 3.05) is 13.7 Å². The molecule has 0 saturated carbocycles. The molecule has 0 fully saturated rings. The Morgan fingerprint density at radius 3 is 2.65 bits per heavy atom. The van der Waals surface area contributed by atoms with E-state index in [-0.39, 0.29) is 12.5 Å². The minimum Gasteiger partial charge on any atom is -0.497 e. The minimum atomic E-state index is -0.741. The van der Waals surface area contributed by atoms with Gasteiger partial charge in [-0.3, -0.25) is 4.79 Å². The lowest BCUT2D eigenvalue weighted by Gasteiger charge is -2.13. The molecule has 0 amide bonds. The van der Waals surface area contributed by atoms with Gasteiger partial charge < -0.3 is 14.9 Å². The van der Waals surface area contributed by atoms with Gasteiger partial charge in [0.15, 0.2) is 0 Å². The first-order valence-electron chi connectivity index (χ1n) is 7.14. The lowest BCUT2D eigenvalue weighted by atomic mass is 9.93. The van der Waals surface area contributed by atoms with Gasteiger partial charge in [-0.05, 0) is 37.0 Å². The number of carbonyl (C=O) groups is 1. The van der Waals surface area contributed by atoms with Gasteiger partial charge in [0.1, 0.15) is 5.75 Å². The monoisotopic (exact) mass is 280 g/mol. The summed E-state index contributed by atoms with van der Waals surface area (Å²) in [5.74, 6) is -0.333. The van der Waals surface area contributed by atoms with Crippen LogP contribution in [0.1, 0.15) is 37.7 Å². The summed E-state index contributed by atoms with van der Waals surface area (Å²) in [7, 11) is 1.61. The van der Waals surface area contributed by atoms with Crippen LogP contribution in [0.15, 0.2) is 24.3 Å². The highest BCUT2D eigenvalue weighted by Gasteiger charge is 2.17. The molecule has 1 atom stereocenters. The summed E-state index contributed by atoms with van der Waals surface area (Å²) in [6, 6.07) is 7.56. The van der Waals surface area contributed by atoms with Crippen LogP contribution in [0.5, 0.6) is 5.75 Å². The Morgan fingerprint density at radius 2 is 2.00 bits per heavy atom. The van der Waals surface area contributed by atoms with E-state index in [4.69, 9.17) is 9.84 Å². The Hall–Kier alpha value is -1.55. The fourth-order valence-corrected chi connectivity index (χ4v) is 2.25. The van der Waals surface area contributed by atoms with E-state index in [1.165, 1.54) is 0 Å². The molecule has 1 unspecified atom stereocenters. The number of carboxylic acid groups (broad SMARTS) is 1. The van der Waals surface area contributed by atoms with Crippen LogP contribution in [0.25, 0.3) is 0 Å². The Kier molecular flexibility index (Phi) is 7.73. The largest absolute Gasteiger partial charge is 0.497 e. The smallest absolute Gasteiger partial charge is 0.306 e. The summed E-state index contributed by atoms with van der Waals surface area (Å²) < 4.78 is 5.15. The number of benzene rings is 1. The zero-order chi connectivity index (χ0) is 14.8. The number of aliphatic hydroxyl groups excluding tert-OH is 1. The average Bonchev–Trinajstić information content (AvgIpc) is 2.45. The molecular weight excluding hydrogens is 256 g/mol. The molecule has 112 valence electrons. The minimum absolute atomic E-state index is 0.214. The van der Waals surface area contributed by atoms with Crippen molar-refractivity contribution in [2.24, 2.45) is 5.92 Å². The molecule has 0 aliphatic rings. The lowest BCUT2D eigenvalue weighted by Crippen LogP contribution is -2.16. The van der Waals surface area contributed by atoms with Crippen molar-refractivity contribution in [3.8, 4) is 5.75 Å². The van der Waals surface area contributed by atoms with E-state index in [0.717, 1.165) is 37.0 Å². The third-order valence-corrected chi connectivity index (χ3v) is 3.43. The second-order valence-corrected chi connectivity index (χ2v) is 5.02. The Labute approximate surface area is 120 Å². The normalized spacial score (nSPS) is 12.1. The van der Waals surface area contributed by atoms with Gasteiger partial charge in [0.2, 0.25) is 0 Å². The molecule has 0 aromatic heterocycles. The van der Waals surface area contributed by atoms with Crippen molar-refractivity contribution in [3.63, 3.8) is 0 Å². The summed E-state index contributed by atoms with van der Waals surface area (Å²) in [5.41, 5.74) is 0.993. The molecule has 4 heteroatoms. The van der Waals surface area contributed by atoms with Gasteiger partial charge >= 0.3 is 5.97 Å². The molecule has 0 aliphatic heterocycles. The van der Waals surface area contributed by atoms with Crippen molar-refractivity contribution in [3.05, 3.63) is 29.8 Å². The molecule has 1 aromatic carbocycles. The predicted octanol–water partition coefficient (Wildman–Crippen LogP) is 2.88. The molecular formula is C16H24O4. The van der Waals surface area contributed by atoms with Crippen molar-refractivity contribution in [2.45, 2.75) is 38.5 Å². The number of methoxy groups -OCH3 is 1. The summed E-state index contributed by atoms with van der Waals surface area (Å²) in [4.78, 5) is 11.3. The van der Waals surface area contributed by atoms with Crippen molar-refractivity contribution in [1.29, 1.82) is 0 Å². The third kappa shape index (κ3) is 6.06. The van der Waals surface area contributed by atoms with E-state index in [1.807, 2.05) is 24.3 Å². The number of hydrogen-bond acceptors (Lipinski definition) is 3. The summed E-state index contributed by atoms with van der Waals surface area (Å²) in [5, 5.41) is 18.0. The van der Waals surface area contributed by atoms with Crippen LogP contribution in [0.4, 0.5) is 0 Å². The number of rotatable bonds is 10. The zero-order valence-electron chi connectivity index (χ0n) is 12.0. The zero-order valence-corrected chi connectivity index (χ0v) is 12.0. The predicted molar refractivity (Wildman–Crippen MR) is 78.0 cm³/mol. The van der Waals surface area contributed by atoms with Gasteiger partial charge in [0.25, 0.3) is 0 Å². The molecule has 0 spiro atoms. The fraction of sp³-hybridized carbons (Fsp3) is 0.562. The molecule has 20 heavy (non-hydrogen) atoms. The molecule has 0 bridgehead atoms. The highest BCUT2D eigenvalue weighted by atomic mass is 16.5. The van der Waals surface area contributed by atoms with E-state index in [1.54, 1.807) is 7.11 Å². The SMILES string of the molecule is COc1cccc(CC(CCCCCCO)C(=O)O)c1. The number of aliphatic carboxylic acids is 1. The first-order valence-corrected chi connectivity index (χ1v) is 7.14. The molecule has 0 heterocycles. The van der Waals surface area contributed by atoms with Crippen LogP contribution in [0.2, 0.25) is 0 Å². The Morgan fingerprint density at radius 1 is 1.25 bits per heavy atom. The molecule has 1 aromatic rings. The quantitative estimate of drug-likeness (QED) is 0.647. The number of unbranched alkanes of at least 4 members (excludes halogenated alkanes) is 3. The first kappa shape index (κ1) is 16.5. The van der Waals surface area contributed by atoms with E-state index < -0.39 is 5.97 Å². The highest BCUT2D eigenvalue weighted by molar-refractivity contribution is 5.70. The van der Waals surface area contributed by atoms with Crippen LogP contribution >= 0.6 is 0 Å². The number of carboxylic acids is 1. The second kappa shape index (κ2) is 9.37. The standard InChI is InChI=1S/C16H24O4/c1-20-15-9-6-7-13(12-15)11-14(16(18)19)8-4-2-3-5-10-17/h6-7,9,12,14,17H,2-5,8,10-11H2,1H3,(H,18,19). The van der Waals surface area contributed by atoms with Gasteiger partial charge in [0, 0.05) is 6.61 Å². The average molecular weight is 280 g/mol. The van der Waals surface area contributed by atoms with Crippen LogP contribution in [-0.2, 0) is 11.2 Å². The Bertz CT molecular complexity index is 403. The summed E-state index contributed by atoms with van der Waals surface area (Å²) in [6.07, 6.45) is 4.84. The van der Waals surface area contributed by atoms with E-state index in [2.05, 4.69) is 0 Å². The second-order valence-electron chi connectivity index (χ2n) is 5.02. The van der Waals surface area contributed by atoms with Crippen LogP contribution < -0.4 is 4.74 Å². The molecule has 0 aliphatic carbocycles. The maximum absolute atomic E-state index is 11.3. The van der Waals surface area contributed by atoms with E-state index >= 15 is 0 Å². The maximum Gasteiger partial charge on any atom is 0.306 e. The molecule has 2 N–H and O–H groups in total. The van der Waals surface area contributed by atoms with Crippen LogP contribution in [0, 0.1) is 5.92 Å². The number of ether oxygens (including phenoxy) is 1. The van der Waals surface area contributed by atoms with Crippen LogP contribution in [0.3, 0.4) is 0 Å². The van der Waals surface area contributed by atoms with Gasteiger partial charge in [-0.15, -0.1) is 0 Å². The van der Waals surface area contributed by atoms with Crippen molar-refractivity contribution in [1.82, 2.24) is 0 Å². The van der Waals surface area contributed by atoms with Crippen molar-refractivity contribution < 1.29 is 19.7 Å². The van der Waals surface area contributed by atoms with Crippen molar-refractivity contribution >= 4 is 5.97 Å². The summed E-state index contributed by atoms with van der Waals surface area (Å²) in [6.45, 7) is 0.214. The van der Waals surface area contributed by atoms with Gasteiger partial charge in [0.05, 0.1) is 13.0 Å². The number of aliphatic hydroxyl groups is 1. The van der Waals surface area contributed by atoms with Gasteiger partial charge in [-0.2, -0.15) is 0 Å². The lowest BCUT2D eigenvalue weighted by molar-refractivity contribution is -0.142. The Balaban J connectivity index is 2.47. The van der Waals surface area contributed by atoms with E-state index in [9.17, 15) is 9.90 Å². The molecule has 1 rings (SSSR count). The van der Waals surface area contributed by atoms with Crippen LogP contribution in [-0.4, -0.2) is 29.9 Å². The van der Waals surface area contributed by atoms with Gasteiger partial charge in [-0.1, -0.05) is 31.4 Å². The third-order valence-electron chi connectivity index (χ3n) is 3.43. The van der Waals surface area contributed by atoms with E-state index in [0.29, 0.717) is 12.8 Å². The molecule has 0 saturated heterocycles. The maximum atomic E-state index is 11.3. The fourth-order valence-electron chi connectivity index (χ4n) is 2.25. The topological polar surface area (TPSA) is 66.8 Å². The summed E-state index contributed by atoms with van der Waals surface area (Å²) >= 11 is 0. The molecule has 0 radical (unpaired) electrons.